The van der Waals surface area contributed by atoms with Gasteiger partial charge in [-0.15, -0.1) is 0 Å². The van der Waals surface area contributed by atoms with Crippen molar-refractivity contribution in [1.82, 2.24) is 37.4 Å². The molecular formula is C76H46N8. The van der Waals surface area contributed by atoms with Crippen LogP contribution in [0.3, 0.4) is 0 Å². The highest BCUT2D eigenvalue weighted by Gasteiger charge is 2.30. The van der Waals surface area contributed by atoms with Gasteiger partial charge in [-0.3, -0.25) is 9.13 Å². The van der Waals surface area contributed by atoms with Crippen molar-refractivity contribution in [2.45, 2.75) is 0 Å². The Morgan fingerprint density at radius 2 is 0.393 bits per heavy atom. The molecule has 8 heterocycles. The molecule has 0 aliphatic carbocycles. The van der Waals surface area contributed by atoms with Gasteiger partial charge in [0.1, 0.15) is 11.6 Å². The summed E-state index contributed by atoms with van der Waals surface area (Å²) in [6.45, 7) is 0. The molecular weight excluding hydrogens is 1020 g/mol. The predicted octanol–water partition coefficient (Wildman–Crippen LogP) is 19.1. The van der Waals surface area contributed by atoms with Crippen LogP contribution in [0.4, 0.5) is 0 Å². The first kappa shape index (κ1) is 45.3. The van der Waals surface area contributed by atoms with E-state index in [1.165, 1.54) is 43.4 Å². The highest BCUT2D eigenvalue weighted by molar-refractivity contribution is 6.40. The van der Waals surface area contributed by atoms with Crippen molar-refractivity contribution >= 4 is 131 Å². The quantitative estimate of drug-likeness (QED) is 0.167. The number of hydrogen-bond donors (Lipinski definition) is 0. The van der Waals surface area contributed by atoms with Crippen LogP contribution in [0.5, 0.6) is 0 Å². The molecule has 8 aromatic heterocycles. The smallest absolute Gasteiger partial charge is 0.137 e. The normalized spacial score (nSPS) is 12.3. The first-order valence-electron chi connectivity index (χ1n) is 28.7. The van der Waals surface area contributed by atoms with Gasteiger partial charge in [-0.25, -0.2) is 9.97 Å². The molecule has 0 saturated carbocycles. The lowest BCUT2D eigenvalue weighted by molar-refractivity contribution is 1.05. The molecule has 8 heteroatoms. The molecule has 0 N–H and O–H groups in total. The number of benzene rings is 11. The Morgan fingerprint density at radius 3 is 0.679 bits per heavy atom. The summed E-state index contributed by atoms with van der Waals surface area (Å²) >= 11 is 0. The first-order chi connectivity index (χ1) is 41.7. The Kier molecular flexibility index (Phi) is 9.18. The van der Waals surface area contributed by atoms with E-state index in [0.717, 1.165) is 122 Å². The molecule has 84 heavy (non-hydrogen) atoms. The molecule has 19 rings (SSSR count). The zero-order valence-electron chi connectivity index (χ0n) is 45.1. The van der Waals surface area contributed by atoms with E-state index in [1.54, 1.807) is 0 Å². The molecule has 8 nitrogen and oxygen atoms in total. The minimum absolute atomic E-state index is 0.829. The molecule has 0 saturated heterocycles. The molecule has 11 aromatic carbocycles. The van der Waals surface area contributed by atoms with Crippen molar-refractivity contribution in [3.05, 3.63) is 279 Å². The van der Waals surface area contributed by atoms with Crippen LogP contribution in [0.2, 0.25) is 0 Å². The van der Waals surface area contributed by atoms with Gasteiger partial charge >= 0.3 is 0 Å². The Bertz CT molecular complexity index is 5190. The lowest BCUT2D eigenvalue weighted by Gasteiger charge is -2.14. The summed E-state index contributed by atoms with van der Waals surface area (Å²) in [4.78, 5) is 11.0. The lowest BCUT2D eigenvalue weighted by atomic mass is 10.0. The number of hydrogen-bond acceptors (Lipinski definition) is 2. The van der Waals surface area contributed by atoms with Crippen molar-refractivity contribution in [3.8, 4) is 34.4 Å². The second kappa shape index (κ2) is 17.0. The van der Waals surface area contributed by atoms with Crippen LogP contribution in [0.15, 0.2) is 279 Å². The summed E-state index contributed by atoms with van der Waals surface area (Å²) in [5.41, 5.74) is 17.7. The molecule has 19 aromatic rings. The van der Waals surface area contributed by atoms with Gasteiger partial charge < -0.3 is 18.3 Å². The van der Waals surface area contributed by atoms with Gasteiger partial charge in [0.05, 0.1) is 90.0 Å². The minimum Gasteiger partial charge on any atom is -0.309 e. The highest BCUT2D eigenvalue weighted by Crippen LogP contribution is 2.50. The summed E-state index contributed by atoms with van der Waals surface area (Å²) < 4.78 is 14.4. The maximum absolute atomic E-state index is 5.51. The predicted molar refractivity (Wildman–Crippen MR) is 348 cm³/mol. The number of rotatable bonds is 6. The van der Waals surface area contributed by atoms with Crippen LogP contribution in [-0.4, -0.2) is 37.4 Å². The number of pyridine rings is 2. The van der Waals surface area contributed by atoms with E-state index in [2.05, 4.69) is 294 Å². The van der Waals surface area contributed by atoms with Gasteiger partial charge in [0.15, 0.2) is 0 Å². The monoisotopic (exact) mass is 1070 g/mol. The van der Waals surface area contributed by atoms with Crippen molar-refractivity contribution in [2.75, 3.05) is 0 Å². The number of nitrogens with zero attached hydrogens (tertiary/aromatic N) is 8. The van der Waals surface area contributed by atoms with Gasteiger partial charge in [0.25, 0.3) is 0 Å². The van der Waals surface area contributed by atoms with Crippen molar-refractivity contribution in [2.24, 2.45) is 0 Å². The highest BCUT2D eigenvalue weighted by atomic mass is 15.1. The topological polar surface area (TPSA) is 55.4 Å². The van der Waals surface area contributed by atoms with E-state index in [9.17, 15) is 0 Å². The van der Waals surface area contributed by atoms with E-state index >= 15 is 0 Å². The van der Waals surface area contributed by atoms with E-state index in [0.29, 0.717) is 0 Å². The Morgan fingerprint density at radius 1 is 0.179 bits per heavy atom. The molecule has 0 spiro atoms. The fourth-order valence-corrected chi connectivity index (χ4v) is 14.5. The Labute approximate surface area is 479 Å². The number of fused-ring (bicyclic) bond motifs is 21. The number of para-hydroxylation sites is 9. The maximum Gasteiger partial charge on any atom is 0.137 e. The third kappa shape index (κ3) is 6.04. The van der Waals surface area contributed by atoms with Gasteiger partial charge in [0, 0.05) is 76.0 Å². The van der Waals surface area contributed by atoms with E-state index in [4.69, 9.17) is 9.97 Å². The average Bonchev–Trinajstić information content (AvgIpc) is 1.68. The van der Waals surface area contributed by atoms with Gasteiger partial charge in [-0.2, -0.15) is 0 Å². The molecule has 0 aliphatic rings. The third-order valence-corrected chi connectivity index (χ3v) is 17.9. The second-order valence-electron chi connectivity index (χ2n) is 22.1. The summed E-state index contributed by atoms with van der Waals surface area (Å²) in [6.07, 6.45) is 4.10. The van der Waals surface area contributed by atoms with Crippen molar-refractivity contribution in [3.63, 3.8) is 0 Å². The Hall–Kier alpha value is -11.5. The largest absolute Gasteiger partial charge is 0.309 e. The van der Waals surface area contributed by atoms with Gasteiger partial charge in [0.2, 0.25) is 0 Å². The summed E-state index contributed by atoms with van der Waals surface area (Å²) in [7, 11) is 0. The molecule has 0 atom stereocenters. The van der Waals surface area contributed by atoms with E-state index < -0.39 is 0 Å². The van der Waals surface area contributed by atoms with Crippen LogP contribution in [0, 0.1) is 0 Å². The fraction of sp³-hybridized carbons (Fsp3) is 0. The lowest BCUT2D eigenvalue weighted by Crippen LogP contribution is -2.02. The molecule has 0 radical (unpaired) electrons. The van der Waals surface area contributed by atoms with Gasteiger partial charge in [-0.1, -0.05) is 164 Å². The third-order valence-electron chi connectivity index (χ3n) is 17.9. The second-order valence-corrected chi connectivity index (χ2v) is 22.1. The average molecular weight is 1070 g/mol. The molecule has 0 aliphatic heterocycles. The molecule has 0 amide bonds. The zero-order chi connectivity index (χ0) is 54.7. The molecule has 0 fully saturated rings. The summed E-state index contributed by atoms with van der Waals surface area (Å²) in [5.74, 6) is 1.66. The zero-order valence-corrected chi connectivity index (χ0v) is 45.1. The molecule has 390 valence electrons. The SMILES string of the molecule is c1ccc2c(c1)c1ccccc1n2-c1ccc(-n2c3ccccc3c3c2c2c4ccccc4n(-c4ccc(-n5c6ccccc6c6ccccc65)cn4)c2c2c4ccccc4n(-c4ccc(-n5c6ccccc6c6ccccc65)cn4)c32)cc1. The van der Waals surface area contributed by atoms with Gasteiger partial charge in [-0.05, 0) is 103 Å². The summed E-state index contributed by atoms with van der Waals surface area (Å²) in [6, 6.07) is 96.9. The van der Waals surface area contributed by atoms with Crippen molar-refractivity contribution < 1.29 is 0 Å². The first-order valence-corrected chi connectivity index (χ1v) is 28.7. The van der Waals surface area contributed by atoms with Crippen molar-refractivity contribution in [1.29, 1.82) is 0 Å². The standard InChI is InChI=1S/C76H46N8/c1-10-28-60-51(19-1)52-20-2-11-29-61(52)79(60)47-37-39-48(40-38-47)82-66-34-16-7-25-57(66)71-74(82)72-58-26-8-17-35-67(58)83(69-43-41-49(45-77-69)80-62-30-12-3-21-53(62)54-22-4-13-31-63(54)80)76(72)73-59-27-9-18-36-68(59)84(75(71)73)70-44-42-50(46-78-70)81-64-32-14-5-23-55(64)56-24-6-15-33-65(56)81/h1-46H. The minimum atomic E-state index is 0.829. The Balaban J connectivity index is 0.922. The van der Waals surface area contributed by atoms with Crippen LogP contribution in [-0.2, 0) is 0 Å². The molecule has 0 unspecified atom stereocenters. The van der Waals surface area contributed by atoms with E-state index in [1.807, 2.05) is 12.4 Å². The van der Waals surface area contributed by atoms with Crippen LogP contribution in [0.1, 0.15) is 0 Å². The van der Waals surface area contributed by atoms with Crippen LogP contribution in [0.25, 0.3) is 165 Å². The van der Waals surface area contributed by atoms with Crippen LogP contribution < -0.4 is 0 Å². The van der Waals surface area contributed by atoms with E-state index in [-0.39, 0.29) is 0 Å². The molecule has 0 bridgehead atoms. The maximum atomic E-state index is 5.51. The number of aromatic nitrogens is 8. The fourth-order valence-electron chi connectivity index (χ4n) is 14.5. The summed E-state index contributed by atoms with van der Waals surface area (Å²) in [5, 5.41) is 14.2. The van der Waals surface area contributed by atoms with Crippen LogP contribution >= 0.6 is 0 Å².